The normalized spacial score (nSPS) is 9.90. The Labute approximate surface area is 114 Å². The lowest BCUT2D eigenvalue weighted by Crippen LogP contribution is -2.05. The molecule has 0 N–H and O–H groups in total. The average molecular weight is 261 g/mol. The monoisotopic (exact) mass is 261 g/mol. The second-order valence-corrected chi connectivity index (χ2v) is 3.75. The van der Waals surface area contributed by atoms with Gasteiger partial charge in [0.2, 0.25) is 5.82 Å². The van der Waals surface area contributed by atoms with Crippen LogP contribution < -0.4 is 0 Å². The molecule has 0 saturated carbocycles. The van der Waals surface area contributed by atoms with Crippen LogP contribution in [0.1, 0.15) is 11.6 Å². The van der Waals surface area contributed by atoms with Crippen molar-refractivity contribution in [1.82, 2.24) is 29.3 Å². The van der Waals surface area contributed by atoms with Crippen molar-refractivity contribution in [2.75, 3.05) is 0 Å². The number of rotatable bonds is 2. The standard InChI is InChI=1S/C13H7N7/c1-2-10-15-5-7-19(10)11-3-4-12(18-17-11)20-8-6-16-13(20)9-14/h1,3-8H. The van der Waals surface area contributed by atoms with E-state index in [2.05, 4.69) is 26.1 Å². The molecule has 0 bridgehead atoms. The van der Waals surface area contributed by atoms with Gasteiger partial charge in [0.05, 0.1) is 0 Å². The van der Waals surface area contributed by atoms with Gasteiger partial charge in [0.1, 0.15) is 6.07 Å². The topological polar surface area (TPSA) is 85.2 Å². The summed E-state index contributed by atoms with van der Waals surface area (Å²) in [6.45, 7) is 0. The third-order valence-corrected chi connectivity index (χ3v) is 2.64. The molecule has 7 nitrogen and oxygen atoms in total. The third kappa shape index (κ3) is 1.80. The number of hydrogen-bond acceptors (Lipinski definition) is 5. The molecular formula is C13H7N7. The molecule has 0 aliphatic heterocycles. The molecular weight excluding hydrogens is 254 g/mol. The van der Waals surface area contributed by atoms with Gasteiger partial charge in [-0.1, -0.05) is 0 Å². The lowest BCUT2D eigenvalue weighted by Gasteiger charge is -2.04. The first-order valence-corrected chi connectivity index (χ1v) is 5.61. The summed E-state index contributed by atoms with van der Waals surface area (Å²) in [5.41, 5.74) is 0. The van der Waals surface area contributed by atoms with Crippen LogP contribution in [0, 0.1) is 23.7 Å². The van der Waals surface area contributed by atoms with Crippen molar-refractivity contribution in [2.24, 2.45) is 0 Å². The van der Waals surface area contributed by atoms with Crippen LogP contribution in [-0.2, 0) is 0 Å². The molecule has 0 radical (unpaired) electrons. The van der Waals surface area contributed by atoms with Crippen molar-refractivity contribution >= 4 is 0 Å². The minimum Gasteiger partial charge on any atom is -0.276 e. The van der Waals surface area contributed by atoms with Gasteiger partial charge < -0.3 is 0 Å². The maximum atomic E-state index is 8.93. The molecule has 0 aliphatic carbocycles. The third-order valence-electron chi connectivity index (χ3n) is 2.64. The number of nitriles is 1. The van der Waals surface area contributed by atoms with E-state index in [0.29, 0.717) is 17.5 Å². The molecule has 0 fully saturated rings. The number of aromatic nitrogens is 6. The minimum atomic E-state index is 0.249. The van der Waals surface area contributed by atoms with Crippen LogP contribution in [0.2, 0.25) is 0 Å². The number of hydrogen-bond donors (Lipinski definition) is 0. The van der Waals surface area contributed by atoms with Gasteiger partial charge >= 0.3 is 0 Å². The maximum absolute atomic E-state index is 8.93. The fraction of sp³-hybridized carbons (Fsp3) is 0. The zero-order valence-corrected chi connectivity index (χ0v) is 10.2. The van der Waals surface area contributed by atoms with Crippen LogP contribution in [-0.4, -0.2) is 29.3 Å². The minimum absolute atomic E-state index is 0.249. The number of terminal acetylenes is 1. The fourth-order valence-corrected chi connectivity index (χ4v) is 1.74. The Balaban J connectivity index is 2.01. The van der Waals surface area contributed by atoms with Gasteiger partial charge in [-0.05, 0) is 18.1 Å². The highest BCUT2D eigenvalue weighted by atomic mass is 15.3. The summed E-state index contributed by atoms with van der Waals surface area (Å²) < 4.78 is 3.20. The summed E-state index contributed by atoms with van der Waals surface area (Å²) in [6.07, 6.45) is 11.8. The summed E-state index contributed by atoms with van der Waals surface area (Å²) in [4.78, 5) is 7.91. The van der Waals surface area contributed by atoms with E-state index in [0.717, 1.165) is 0 Å². The molecule has 94 valence electrons. The Hall–Kier alpha value is -3.45. The second-order valence-electron chi connectivity index (χ2n) is 3.75. The maximum Gasteiger partial charge on any atom is 0.218 e. The van der Waals surface area contributed by atoms with E-state index >= 15 is 0 Å². The average Bonchev–Trinajstić information content (AvgIpc) is 3.15. The van der Waals surface area contributed by atoms with E-state index in [1.165, 1.54) is 6.20 Å². The van der Waals surface area contributed by atoms with E-state index < -0.39 is 0 Å². The summed E-state index contributed by atoms with van der Waals surface area (Å²) in [6, 6.07) is 5.45. The van der Waals surface area contributed by atoms with E-state index in [-0.39, 0.29) is 5.82 Å². The van der Waals surface area contributed by atoms with Gasteiger partial charge in [-0.3, -0.25) is 9.13 Å². The van der Waals surface area contributed by atoms with Crippen LogP contribution in [0.4, 0.5) is 0 Å². The van der Waals surface area contributed by atoms with E-state index in [4.69, 9.17) is 11.7 Å². The van der Waals surface area contributed by atoms with Crippen LogP contribution in [0.3, 0.4) is 0 Å². The molecule has 3 aromatic rings. The molecule has 0 aromatic carbocycles. The lowest BCUT2D eigenvalue weighted by atomic mass is 10.4. The SMILES string of the molecule is C#Cc1nccn1-c1ccc(-n2ccnc2C#N)nn1. The van der Waals surface area contributed by atoms with Crippen molar-refractivity contribution in [2.45, 2.75) is 0 Å². The van der Waals surface area contributed by atoms with Crippen LogP contribution >= 0.6 is 0 Å². The molecule has 0 unspecified atom stereocenters. The zero-order chi connectivity index (χ0) is 13.9. The van der Waals surface area contributed by atoms with Gasteiger partial charge in [-0.15, -0.1) is 16.6 Å². The van der Waals surface area contributed by atoms with E-state index in [1.807, 2.05) is 6.07 Å². The van der Waals surface area contributed by atoms with Crippen molar-refractivity contribution in [3.05, 3.63) is 48.6 Å². The van der Waals surface area contributed by atoms with Crippen molar-refractivity contribution in [3.63, 3.8) is 0 Å². The number of imidazole rings is 2. The first kappa shape index (κ1) is 11.6. The molecule has 0 spiro atoms. The quantitative estimate of drug-likeness (QED) is 0.634. The summed E-state index contributed by atoms with van der Waals surface area (Å²) >= 11 is 0. The van der Waals surface area contributed by atoms with Crippen molar-refractivity contribution in [1.29, 1.82) is 5.26 Å². The molecule has 7 heteroatoms. The smallest absolute Gasteiger partial charge is 0.218 e. The van der Waals surface area contributed by atoms with E-state index in [1.54, 1.807) is 39.9 Å². The Morgan fingerprint density at radius 1 is 0.950 bits per heavy atom. The van der Waals surface area contributed by atoms with Crippen molar-refractivity contribution < 1.29 is 0 Å². The molecule has 0 aliphatic rings. The zero-order valence-electron chi connectivity index (χ0n) is 10.2. The Morgan fingerprint density at radius 2 is 1.50 bits per heavy atom. The highest BCUT2D eigenvalue weighted by Gasteiger charge is 2.08. The van der Waals surface area contributed by atoms with Crippen LogP contribution in [0.5, 0.6) is 0 Å². The molecule has 0 saturated heterocycles. The van der Waals surface area contributed by atoms with Gasteiger partial charge in [0, 0.05) is 24.8 Å². The molecule has 0 atom stereocenters. The summed E-state index contributed by atoms with van der Waals surface area (Å²) in [5.74, 6) is 4.22. The molecule has 3 heterocycles. The van der Waals surface area contributed by atoms with Gasteiger partial charge in [-0.2, -0.15) is 5.26 Å². The van der Waals surface area contributed by atoms with E-state index in [9.17, 15) is 0 Å². The molecule has 3 aromatic heterocycles. The Bertz CT molecular complexity index is 755. The Kier molecular flexibility index (Phi) is 2.72. The molecule has 3 rings (SSSR count). The summed E-state index contributed by atoms with van der Waals surface area (Å²) in [7, 11) is 0. The lowest BCUT2D eigenvalue weighted by molar-refractivity contribution is 0.853. The molecule has 20 heavy (non-hydrogen) atoms. The Morgan fingerprint density at radius 3 is 2.00 bits per heavy atom. The second kappa shape index (κ2) is 4.67. The summed E-state index contributed by atoms with van der Waals surface area (Å²) in [5, 5.41) is 17.1. The highest BCUT2D eigenvalue weighted by Crippen LogP contribution is 2.10. The van der Waals surface area contributed by atoms with Crippen LogP contribution in [0.15, 0.2) is 36.9 Å². The van der Waals surface area contributed by atoms with Gasteiger partial charge in [0.25, 0.3) is 0 Å². The number of nitrogens with zero attached hydrogens (tertiary/aromatic N) is 7. The van der Waals surface area contributed by atoms with Gasteiger partial charge in [0.15, 0.2) is 17.5 Å². The molecule has 0 amide bonds. The van der Waals surface area contributed by atoms with Gasteiger partial charge in [-0.25, -0.2) is 9.97 Å². The first-order valence-electron chi connectivity index (χ1n) is 5.61. The van der Waals surface area contributed by atoms with Crippen molar-refractivity contribution in [3.8, 4) is 30.0 Å². The predicted octanol–water partition coefficient (Wildman–Crippen LogP) is 0.701. The highest BCUT2D eigenvalue weighted by molar-refractivity contribution is 5.34. The van der Waals surface area contributed by atoms with Crippen LogP contribution in [0.25, 0.3) is 11.6 Å². The first-order chi connectivity index (χ1) is 9.83. The largest absolute Gasteiger partial charge is 0.276 e. The fourth-order valence-electron chi connectivity index (χ4n) is 1.74. The predicted molar refractivity (Wildman–Crippen MR) is 68.9 cm³/mol.